The molecular weight excluding hydrogens is 164 g/mol. The van der Waals surface area contributed by atoms with Crippen LogP contribution in [0.4, 0.5) is 0 Å². The van der Waals surface area contributed by atoms with Crippen LogP contribution in [0.3, 0.4) is 0 Å². The van der Waals surface area contributed by atoms with E-state index in [1.54, 1.807) is 11.0 Å². The molecule has 1 aromatic heterocycles. The first-order chi connectivity index (χ1) is 6.27. The molecule has 4 heteroatoms. The second kappa shape index (κ2) is 2.97. The fraction of sp³-hybridized carbons (Fsp3) is 0.222. The third-order valence-corrected chi connectivity index (χ3v) is 1.95. The zero-order chi connectivity index (χ0) is 9.26. The lowest BCUT2D eigenvalue weighted by atomic mass is 10.1. The molecule has 13 heavy (non-hydrogen) atoms. The average Bonchev–Trinajstić information content (AvgIpc) is 2.56. The molecule has 0 radical (unpaired) electrons. The Morgan fingerprint density at radius 2 is 2.08 bits per heavy atom. The van der Waals surface area contributed by atoms with Crippen LogP contribution in [0.5, 0.6) is 0 Å². The summed E-state index contributed by atoms with van der Waals surface area (Å²) in [5.41, 5.74) is 3.44. The molecule has 0 amide bonds. The largest absolute Gasteiger partial charge is 0.200 e. The molecule has 0 bridgehead atoms. The molecule has 2 rings (SSSR count). The Morgan fingerprint density at radius 1 is 1.23 bits per heavy atom. The van der Waals surface area contributed by atoms with Crippen molar-refractivity contribution >= 4 is 0 Å². The van der Waals surface area contributed by atoms with Gasteiger partial charge in [0.15, 0.2) is 0 Å². The highest BCUT2D eigenvalue weighted by Gasteiger charge is 2.01. The van der Waals surface area contributed by atoms with Gasteiger partial charge in [-0.05, 0) is 35.9 Å². The molecule has 0 saturated heterocycles. The predicted octanol–water partition coefficient (Wildman–Crippen LogP) is 1.28. The van der Waals surface area contributed by atoms with Crippen molar-refractivity contribution in [3.05, 3.63) is 35.7 Å². The molecule has 0 atom stereocenters. The van der Waals surface area contributed by atoms with Crippen LogP contribution in [0.25, 0.3) is 5.69 Å². The van der Waals surface area contributed by atoms with Crippen LogP contribution in [0, 0.1) is 13.8 Å². The van der Waals surface area contributed by atoms with Crippen molar-refractivity contribution in [3.63, 3.8) is 0 Å². The van der Waals surface area contributed by atoms with Crippen LogP contribution in [0.1, 0.15) is 11.1 Å². The SMILES string of the molecule is Cc1ccc(-n2cnnn2)c(C)c1. The summed E-state index contributed by atoms with van der Waals surface area (Å²) < 4.78 is 1.66. The second-order valence-corrected chi connectivity index (χ2v) is 3.04. The molecule has 66 valence electrons. The van der Waals surface area contributed by atoms with E-state index in [9.17, 15) is 0 Å². The van der Waals surface area contributed by atoms with Gasteiger partial charge in [-0.15, -0.1) is 5.10 Å². The van der Waals surface area contributed by atoms with Crippen molar-refractivity contribution in [1.82, 2.24) is 20.2 Å². The molecule has 1 aromatic carbocycles. The topological polar surface area (TPSA) is 43.6 Å². The Balaban J connectivity index is 2.53. The minimum atomic E-state index is 1.02. The highest BCUT2D eigenvalue weighted by Crippen LogP contribution is 2.13. The maximum absolute atomic E-state index is 3.83. The van der Waals surface area contributed by atoms with E-state index in [0.717, 1.165) is 5.69 Å². The van der Waals surface area contributed by atoms with E-state index in [0.29, 0.717) is 0 Å². The van der Waals surface area contributed by atoms with Crippen LogP contribution in [0.2, 0.25) is 0 Å². The third kappa shape index (κ3) is 1.42. The standard InChI is InChI=1S/C9H10N4/c1-7-3-4-9(8(2)5-7)13-6-10-11-12-13/h3-6H,1-2H3. The molecule has 1 heterocycles. The molecule has 0 aliphatic rings. The van der Waals surface area contributed by atoms with Crippen molar-refractivity contribution in [3.8, 4) is 5.69 Å². The number of hydrogen-bond donors (Lipinski definition) is 0. The van der Waals surface area contributed by atoms with E-state index in [4.69, 9.17) is 0 Å². The van der Waals surface area contributed by atoms with Crippen LogP contribution < -0.4 is 0 Å². The van der Waals surface area contributed by atoms with Gasteiger partial charge in [-0.1, -0.05) is 17.7 Å². The van der Waals surface area contributed by atoms with Gasteiger partial charge in [0.05, 0.1) is 5.69 Å². The molecule has 0 N–H and O–H groups in total. The number of aromatic nitrogens is 4. The van der Waals surface area contributed by atoms with E-state index in [-0.39, 0.29) is 0 Å². The average molecular weight is 174 g/mol. The summed E-state index contributed by atoms with van der Waals surface area (Å²) in [4.78, 5) is 0. The quantitative estimate of drug-likeness (QED) is 0.654. The fourth-order valence-electron chi connectivity index (χ4n) is 1.33. The van der Waals surface area contributed by atoms with Crippen molar-refractivity contribution in [2.24, 2.45) is 0 Å². The first kappa shape index (κ1) is 7.91. The number of aryl methyl sites for hydroxylation is 2. The van der Waals surface area contributed by atoms with Crippen LogP contribution in [0.15, 0.2) is 24.5 Å². The van der Waals surface area contributed by atoms with E-state index < -0.39 is 0 Å². The van der Waals surface area contributed by atoms with E-state index in [1.165, 1.54) is 11.1 Å². The normalized spacial score (nSPS) is 10.3. The summed E-state index contributed by atoms with van der Waals surface area (Å²) >= 11 is 0. The lowest BCUT2D eigenvalue weighted by Crippen LogP contribution is -1.97. The number of hydrogen-bond acceptors (Lipinski definition) is 3. The van der Waals surface area contributed by atoms with E-state index in [1.807, 2.05) is 19.1 Å². The minimum Gasteiger partial charge on any atom is -0.200 e. The summed E-state index contributed by atoms with van der Waals surface area (Å²) in [7, 11) is 0. The lowest BCUT2D eigenvalue weighted by Gasteiger charge is -2.04. The van der Waals surface area contributed by atoms with Gasteiger partial charge < -0.3 is 0 Å². The minimum absolute atomic E-state index is 1.02. The van der Waals surface area contributed by atoms with Crippen LogP contribution >= 0.6 is 0 Å². The first-order valence-electron chi connectivity index (χ1n) is 4.08. The highest BCUT2D eigenvalue weighted by molar-refractivity contribution is 5.41. The van der Waals surface area contributed by atoms with Crippen molar-refractivity contribution in [2.75, 3.05) is 0 Å². The predicted molar refractivity (Wildman–Crippen MR) is 48.6 cm³/mol. The number of nitrogens with zero attached hydrogens (tertiary/aromatic N) is 4. The molecule has 0 unspecified atom stereocenters. The molecule has 0 fully saturated rings. The number of rotatable bonds is 1. The van der Waals surface area contributed by atoms with Crippen molar-refractivity contribution in [1.29, 1.82) is 0 Å². The third-order valence-electron chi connectivity index (χ3n) is 1.95. The first-order valence-corrected chi connectivity index (χ1v) is 4.08. The van der Waals surface area contributed by atoms with Crippen molar-refractivity contribution in [2.45, 2.75) is 13.8 Å². The van der Waals surface area contributed by atoms with Gasteiger partial charge in [-0.25, -0.2) is 4.68 Å². The summed E-state index contributed by atoms with van der Waals surface area (Å²) in [6.45, 7) is 4.11. The smallest absolute Gasteiger partial charge is 0.143 e. The summed E-state index contributed by atoms with van der Waals surface area (Å²) in [6, 6.07) is 6.17. The van der Waals surface area contributed by atoms with Gasteiger partial charge in [-0.3, -0.25) is 0 Å². The summed E-state index contributed by atoms with van der Waals surface area (Å²) in [6.07, 6.45) is 1.59. The Labute approximate surface area is 76.2 Å². The monoisotopic (exact) mass is 174 g/mol. The fourth-order valence-corrected chi connectivity index (χ4v) is 1.33. The molecule has 0 spiro atoms. The van der Waals surface area contributed by atoms with Gasteiger partial charge in [0.2, 0.25) is 0 Å². The van der Waals surface area contributed by atoms with Crippen molar-refractivity contribution < 1.29 is 0 Å². The molecule has 0 aliphatic heterocycles. The zero-order valence-corrected chi connectivity index (χ0v) is 7.60. The maximum Gasteiger partial charge on any atom is 0.143 e. The molecule has 0 aliphatic carbocycles. The van der Waals surface area contributed by atoms with Gasteiger partial charge in [0.25, 0.3) is 0 Å². The highest BCUT2D eigenvalue weighted by atomic mass is 15.5. The zero-order valence-electron chi connectivity index (χ0n) is 7.60. The van der Waals surface area contributed by atoms with Gasteiger partial charge in [-0.2, -0.15) is 0 Å². The number of tetrazole rings is 1. The second-order valence-electron chi connectivity index (χ2n) is 3.04. The Kier molecular flexibility index (Phi) is 1.81. The lowest BCUT2D eigenvalue weighted by molar-refractivity contribution is 0.785. The van der Waals surface area contributed by atoms with E-state index in [2.05, 4.69) is 28.5 Å². The molecular formula is C9H10N4. The summed E-state index contributed by atoms with van der Waals surface area (Å²) in [5, 5.41) is 11.0. The van der Waals surface area contributed by atoms with Gasteiger partial charge >= 0.3 is 0 Å². The Hall–Kier alpha value is -1.71. The molecule has 2 aromatic rings. The molecule has 4 nitrogen and oxygen atoms in total. The Bertz CT molecular complexity index is 406. The Morgan fingerprint density at radius 3 is 2.69 bits per heavy atom. The van der Waals surface area contributed by atoms with Crippen LogP contribution in [-0.4, -0.2) is 20.2 Å². The van der Waals surface area contributed by atoms with Gasteiger partial charge in [0.1, 0.15) is 6.33 Å². The van der Waals surface area contributed by atoms with E-state index >= 15 is 0 Å². The maximum atomic E-state index is 3.83. The van der Waals surface area contributed by atoms with Crippen LogP contribution in [-0.2, 0) is 0 Å². The van der Waals surface area contributed by atoms with Gasteiger partial charge in [0, 0.05) is 0 Å². The number of benzene rings is 1. The summed E-state index contributed by atoms with van der Waals surface area (Å²) in [5.74, 6) is 0. The molecule has 0 saturated carbocycles.